The van der Waals surface area contributed by atoms with Crippen LogP contribution in [0.15, 0.2) is 0 Å². The number of hydrogen-bond donors (Lipinski definition) is 2. The molecule has 1 heterocycles. The third-order valence-electron chi connectivity index (χ3n) is 4.43. The second kappa shape index (κ2) is 6.57. The molecule has 0 unspecified atom stereocenters. The van der Waals surface area contributed by atoms with Crippen molar-refractivity contribution < 1.29 is 14.7 Å². The summed E-state index contributed by atoms with van der Waals surface area (Å²) >= 11 is 0. The Kier molecular flexibility index (Phi) is 5.02. The molecule has 0 bridgehead atoms. The van der Waals surface area contributed by atoms with Crippen LogP contribution in [0.2, 0.25) is 0 Å². The van der Waals surface area contributed by atoms with Gasteiger partial charge in [-0.05, 0) is 32.1 Å². The summed E-state index contributed by atoms with van der Waals surface area (Å²) in [5, 5.41) is 12.9. The van der Waals surface area contributed by atoms with Crippen LogP contribution in [-0.4, -0.2) is 47.1 Å². The number of aliphatic hydroxyl groups excluding tert-OH is 1. The zero-order valence-corrected chi connectivity index (χ0v) is 12.5. The molecule has 0 spiro atoms. The smallest absolute Gasteiger partial charge is 0.225 e. The van der Waals surface area contributed by atoms with E-state index >= 15 is 0 Å². The van der Waals surface area contributed by atoms with Crippen molar-refractivity contribution in [3.8, 4) is 0 Å². The fourth-order valence-corrected chi connectivity index (χ4v) is 3.08. The molecule has 1 saturated carbocycles. The van der Waals surface area contributed by atoms with Gasteiger partial charge in [-0.1, -0.05) is 13.8 Å². The predicted octanol–water partition coefficient (Wildman–Crippen LogP) is 0.911. The first kappa shape index (κ1) is 15.3. The molecule has 114 valence electrons. The van der Waals surface area contributed by atoms with Crippen LogP contribution >= 0.6 is 0 Å². The molecule has 1 aliphatic carbocycles. The van der Waals surface area contributed by atoms with E-state index in [9.17, 15) is 14.7 Å². The molecular formula is C15H26N2O3. The van der Waals surface area contributed by atoms with E-state index in [1.54, 1.807) is 0 Å². The standard InChI is InChI=1S/C15H26N2O3/c1-10(2)14(19)16-12-9-11(5-6-13(12)18)15(20)17-7-3-4-8-17/h10-13,18H,3-9H2,1-2H3,(H,16,19)/t11-,12+,13+/m0/s1. The Morgan fingerprint density at radius 2 is 1.85 bits per heavy atom. The van der Waals surface area contributed by atoms with Crippen molar-refractivity contribution in [2.24, 2.45) is 11.8 Å². The SMILES string of the molecule is CC(C)C(=O)N[C@@H]1C[C@@H](C(=O)N2CCCC2)CC[C@H]1O. The van der Waals surface area contributed by atoms with Gasteiger partial charge in [0.25, 0.3) is 0 Å². The third kappa shape index (κ3) is 3.51. The monoisotopic (exact) mass is 282 g/mol. The van der Waals surface area contributed by atoms with Gasteiger partial charge in [0.15, 0.2) is 0 Å². The van der Waals surface area contributed by atoms with Gasteiger partial charge in [0, 0.05) is 24.9 Å². The number of aliphatic hydroxyl groups is 1. The Morgan fingerprint density at radius 1 is 1.20 bits per heavy atom. The molecule has 0 aromatic heterocycles. The van der Waals surface area contributed by atoms with E-state index in [1.807, 2.05) is 18.7 Å². The summed E-state index contributed by atoms with van der Waals surface area (Å²) < 4.78 is 0. The molecule has 1 aliphatic heterocycles. The van der Waals surface area contributed by atoms with Crippen LogP contribution in [0.4, 0.5) is 0 Å². The van der Waals surface area contributed by atoms with Crippen molar-refractivity contribution in [2.75, 3.05) is 13.1 Å². The second-order valence-electron chi connectivity index (χ2n) is 6.38. The highest BCUT2D eigenvalue weighted by Gasteiger charge is 2.36. The average molecular weight is 282 g/mol. The van der Waals surface area contributed by atoms with Crippen molar-refractivity contribution in [3.63, 3.8) is 0 Å². The quantitative estimate of drug-likeness (QED) is 0.808. The zero-order valence-electron chi connectivity index (χ0n) is 12.5. The first-order valence-corrected chi connectivity index (χ1v) is 7.76. The molecule has 3 atom stereocenters. The first-order valence-electron chi connectivity index (χ1n) is 7.76. The Labute approximate surface area is 120 Å². The van der Waals surface area contributed by atoms with Gasteiger partial charge in [-0.15, -0.1) is 0 Å². The fourth-order valence-electron chi connectivity index (χ4n) is 3.08. The summed E-state index contributed by atoms with van der Waals surface area (Å²) in [6.07, 6.45) is 3.54. The molecule has 20 heavy (non-hydrogen) atoms. The number of carbonyl (C=O) groups is 2. The number of nitrogens with zero attached hydrogens (tertiary/aromatic N) is 1. The van der Waals surface area contributed by atoms with E-state index in [1.165, 1.54) is 0 Å². The van der Waals surface area contributed by atoms with Crippen LogP contribution in [-0.2, 0) is 9.59 Å². The minimum atomic E-state index is -0.527. The van der Waals surface area contributed by atoms with E-state index in [0.717, 1.165) is 32.4 Å². The van der Waals surface area contributed by atoms with Crippen molar-refractivity contribution >= 4 is 11.8 Å². The van der Waals surface area contributed by atoms with Gasteiger partial charge in [0.2, 0.25) is 11.8 Å². The van der Waals surface area contributed by atoms with Gasteiger partial charge < -0.3 is 15.3 Å². The number of amides is 2. The predicted molar refractivity (Wildman–Crippen MR) is 75.9 cm³/mol. The first-order chi connectivity index (χ1) is 9.49. The van der Waals surface area contributed by atoms with Crippen LogP contribution in [0, 0.1) is 11.8 Å². The third-order valence-corrected chi connectivity index (χ3v) is 4.43. The summed E-state index contributed by atoms with van der Waals surface area (Å²) in [4.78, 5) is 26.1. The lowest BCUT2D eigenvalue weighted by Crippen LogP contribution is -2.50. The van der Waals surface area contributed by atoms with Crippen molar-refractivity contribution in [1.29, 1.82) is 0 Å². The summed E-state index contributed by atoms with van der Waals surface area (Å²) in [6.45, 7) is 5.39. The van der Waals surface area contributed by atoms with E-state index in [2.05, 4.69) is 5.32 Å². The van der Waals surface area contributed by atoms with Gasteiger partial charge in [-0.2, -0.15) is 0 Å². The van der Waals surface area contributed by atoms with Gasteiger partial charge in [0.1, 0.15) is 0 Å². The van der Waals surface area contributed by atoms with Crippen LogP contribution < -0.4 is 5.32 Å². The summed E-state index contributed by atoms with van der Waals surface area (Å²) in [5.41, 5.74) is 0. The van der Waals surface area contributed by atoms with Crippen molar-refractivity contribution in [1.82, 2.24) is 10.2 Å². The maximum absolute atomic E-state index is 12.4. The van der Waals surface area contributed by atoms with Crippen LogP contribution in [0.1, 0.15) is 46.0 Å². The fraction of sp³-hybridized carbons (Fsp3) is 0.867. The second-order valence-corrected chi connectivity index (χ2v) is 6.38. The van der Waals surface area contributed by atoms with Crippen LogP contribution in [0.3, 0.4) is 0 Å². The Morgan fingerprint density at radius 3 is 2.45 bits per heavy atom. The topological polar surface area (TPSA) is 69.6 Å². The molecule has 2 fully saturated rings. The molecule has 5 heteroatoms. The maximum atomic E-state index is 12.4. The molecule has 2 aliphatic rings. The maximum Gasteiger partial charge on any atom is 0.225 e. The number of rotatable bonds is 3. The lowest BCUT2D eigenvalue weighted by molar-refractivity contribution is -0.137. The summed E-state index contributed by atoms with van der Waals surface area (Å²) in [7, 11) is 0. The minimum Gasteiger partial charge on any atom is -0.391 e. The highest BCUT2D eigenvalue weighted by molar-refractivity contribution is 5.80. The largest absolute Gasteiger partial charge is 0.391 e. The van der Waals surface area contributed by atoms with E-state index in [4.69, 9.17) is 0 Å². The molecule has 1 saturated heterocycles. The van der Waals surface area contributed by atoms with E-state index < -0.39 is 6.10 Å². The van der Waals surface area contributed by atoms with Crippen LogP contribution in [0.5, 0.6) is 0 Å². The molecule has 2 amide bonds. The van der Waals surface area contributed by atoms with E-state index in [-0.39, 0.29) is 29.7 Å². The molecule has 0 aromatic rings. The molecule has 0 aromatic carbocycles. The molecule has 0 radical (unpaired) electrons. The lowest BCUT2D eigenvalue weighted by atomic mass is 9.82. The Balaban J connectivity index is 1.93. The van der Waals surface area contributed by atoms with Gasteiger partial charge in [0.05, 0.1) is 12.1 Å². The normalized spacial score (nSPS) is 30.6. The van der Waals surface area contributed by atoms with Gasteiger partial charge in [-0.3, -0.25) is 9.59 Å². The zero-order chi connectivity index (χ0) is 14.7. The number of carbonyl (C=O) groups excluding carboxylic acids is 2. The Hall–Kier alpha value is -1.10. The lowest BCUT2D eigenvalue weighted by Gasteiger charge is -2.35. The highest BCUT2D eigenvalue weighted by Crippen LogP contribution is 2.28. The average Bonchev–Trinajstić information content (AvgIpc) is 2.94. The van der Waals surface area contributed by atoms with Crippen molar-refractivity contribution in [2.45, 2.75) is 58.1 Å². The summed E-state index contributed by atoms with van der Waals surface area (Å²) in [6, 6.07) is -0.282. The highest BCUT2D eigenvalue weighted by atomic mass is 16.3. The minimum absolute atomic E-state index is 0.0473. The van der Waals surface area contributed by atoms with Gasteiger partial charge >= 0.3 is 0 Å². The number of nitrogens with one attached hydrogen (secondary N) is 1. The molecule has 2 rings (SSSR count). The Bertz CT molecular complexity index is 364. The van der Waals surface area contributed by atoms with E-state index in [0.29, 0.717) is 12.8 Å². The summed E-state index contributed by atoms with van der Waals surface area (Å²) in [5.74, 6) is 0.00680. The number of hydrogen-bond acceptors (Lipinski definition) is 3. The molecule has 2 N–H and O–H groups in total. The number of likely N-dealkylation sites (tertiary alicyclic amines) is 1. The molecule has 5 nitrogen and oxygen atoms in total. The van der Waals surface area contributed by atoms with Crippen LogP contribution in [0.25, 0.3) is 0 Å². The van der Waals surface area contributed by atoms with Crippen molar-refractivity contribution in [3.05, 3.63) is 0 Å². The van der Waals surface area contributed by atoms with Gasteiger partial charge in [-0.25, -0.2) is 0 Å². The molecular weight excluding hydrogens is 256 g/mol.